The van der Waals surface area contributed by atoms with Gasteiger partial charge in [-0.25, -0.2) is 8.42 Å². The molecule has 3 rings (SSSR count). The Labute approximate surface area is 169 Å². The molecule has 0 aromatic heterocycles. The molecule has 2 aromatic rings. The van der Waals surface area contributed by atoms with Crippen LogP contribution in [0.25, 0.3) is 0 Å². The maximum Gasteiger partial charge on any atom is 0.273 e. The Hall–Kier alpha value is -2.78. The van der Waals surface area contributed by atoms with E-state index in [-0.39, 0.29) is 17.0 Å². The molecule has 8 nitrogen and oxygen atoms in total. The van der Waals surface area contributed by atoms with Gasteiger partial charge in [0.2, 0.25) is 15.9 Å². The van der Waals surface area contributed by atoms with Crippen molar-refractivity contribution in [3.05, 3.63) is 63.7 Å². The normalized spacial score (nSPS) is 15.1. The van der Waals surface area contributed by atoms with E-state index in [9.17, 15) is 23.3 Å². The number of nitrogens with zero attached hydrogens (tertiary/aromatic N) is 2. The van der Waals surface area contributed by atoms with Crippen LogP contribution < -0.4 is 5.32 Å². The second-order valence-electron chi connectivity index (χ2n) is 7.05. The number of sulfonamides is 1. The predicted molar refractivity (Wildman–Crippen MR) is 109 cm³/mol. The molecule has 1 saturated heterocycles. The highest BCUT2D eigenvalue weighted by Gasteiger charge is 2.26. The highest BCUT2D eigenvalue weighted by molar-refractivity contribution is 7.89. The van der Waals surface area contributed by atoms with E-state index < -0.39 is 20.9 Å². The Morgan fingerprint density at radius 2 is 1.83 bits per heavy atom. The molecule has 1 aliphatic heterocycles. The minimum Gasteiger partial charge on any atom is -0.326 e. The smallest absolute Gasteiger partial charge is 0.273 e. The van der Waals surface area contributed by atoms with E-state index in [1.165, 1.54) is 28.6 Å². The van der Waals surface area contributed by atoms with E-state index in [0.29, 0.717) is 29.9 Å². The van der Waals surface area contributed by atoms with Crippen LogP contribution in [0.3, 0.4) is 0 Å². The lowest BCUT2D eigenvalue weighted by atomic mass is 10.1. The number of amides is 1. The molecule has 0 atom stereocenters. The van der Waals surface area contributed by atoms with E-state index in [4.69, 9.17) is 0 Å². The van der Waals surface area contributed by atoms with Crippen molar-refractivity contribution in [1.82, 2.24) is 4.31 Å². The number of para-hydroxylation sites is 1. The van der Waals surface area contributed by atoms with Gasteiger partial charge < -0.3 is 5.32 Å². The number of nitro groups is 1. The van der Waals surface area contributed by atoms with Crippen molar-refractivity contribution < 1.29 is 18.1 Å². The van der Waals surface area contributed by atoms with Gasteiger partial charge in [0.1, 0.15) is 0 Å². The predicted octanol–water partition coefficient (Wildman–Crippen LogP) is 3.26. The third kappa shape index (κ3) is 4.80. The maximum absolute atomic E-state index is 12.9. The van der Waals surface area contributed by atoms with Crippen molar-refractivity contribution >= 4 is 27.3 Å². The molecular weight excluding hydrogens is 394 g/mol. The van der Waals surface area contributed by atoms with Crippen LogP contribution >= 0.6 is 0 Å². The number of benzene rings is 2. The van der Waals surface area contributed by atoms with Crippen LogP contribution in [0.4, 0.5) is 11.4 Å². The fourth-order valence-electron chi connectivity index (χ4n) is 3.36. The van der Waals surface area contributed by atoms with E-state index in [0.717, 1.165) is 19.3 Å². The van der Waals surface area contributed by atoms with Gasteiger partial charge >= 0.3 is 0 Å². The highest BCUT2D eigenvalue weighted by Crippen LogP contribution is 2.26. The molecular formula is C20H23N3O5S. The standard InChI is InChI=1S/C20H23N3O5S/c1-15-9-10-17(29(27,28)22-11-5-2-6-12-22)14-18(15)21-20(24)13-16-7-3-4-8-19(16)23(25)26/h3-4,7-10,14H,2,5-6,11-13H2,1H3,(H,21,24). The average Bonchev–Trinajstić information content (AvgIpc) is 2.70. The van der Waals surface area contributed by atoms with Crippen LogP contribution in [0.2, 0.25) is 0 Å². The van der Waals surface area contributed by atoms with Gasteiger partial charge in [0, 0.05) is 30.4 Å². The number of carbonyl (C=O) groups excluding carboxylic acids is 1. The van der Waals surface area contributed by atoms with Crippen molar-refractivity contribution in [2.75, 3.05) is 18.4 Å². The molecule has 1 amide bonds. The zero-order valence-corrected chi connectivity index (χ0v) is 16.9. The minimum atomic E-state index is -3.62. The molecule has 0 saturated carbocycles. The summed E-state index contributed by atoms with van der Waals surface area (Å²) in [7, 11) is -3.62. The van der Waals surface area contributed by atoms with Crippen LogP contribution in [0.1, 0.15) is 30.4 Å². The van der Waals surface area contributed by atoms with Crippen LogP contribution in [-0.4, -0.2) is 36.6 Å². The lowest BCUT2D eigenvalue weighted by Gasteiger charge is -2.26. The van der Waals surface area contributed by atoms with E-state index in [1.54, 1.807) is 25.1 Å². The Bertz CT molecular complexity index is 1030. The van der Waals surface area contributed by atoms with Gasteiger partial charge in [-0.2, -0.15) is 4.31 Å². The molecule has 9 heteroatoms. The third-order valence-corrected chi connectivity index (χ3v) is 6.87. The number of nitrogens with one attached hydrogen (secondary N) is 1. The van der Waals surface area contributed by atoms with Crippen molar-refractivity contribution in [2.24, 2.45) is 0 Å². The summed E-state index contributed by atoms with van der Waals surface area (Å²) in [5.74, 6) is -0.449. The lowest BCUT2D eigenvalue weighted by molar-refractivity contribution is -0.385. The first kappa shape index (κ1) is 20.9. The molecule has 0 aliphatic carbocycles. The Kier molecular flexibility index (Phi) is 6.29. The molecule has 1 aliphatic rings. The van der Waals surface area contributed by atoms with Gasteiger partial charge in [-0.05, 0) is 37.5 Å². The summed E-state index contributed by atoms with van der Waals surface area (Å²) in [6.45, 7) is 2.75. The van der Waals surface area contributed by atoms with Gasteiger partial charge in [-0.15, -0.1) is 0 Å². The van der Waals surface area contributed by atoms with Crippen LogP contribution in [0, 0.1) is 17.0 Å². The summed E-state index contributed by atoms with van der Waals surface area (Å²) in [6, 6.07) is 10.7. The topological polar surface area (TPSA) is 110 Å². The van der Waals surface area contributed by atoms with Crippen molar-refractivity contribution in [1.29, 1.82) is 0 Å². The molecule has 0 spiro atoms. The maximum atomic E-state index is 12.9. The number of hydrogen-bond acceptors (Lipinski definition) is 5. The second kappa shape index (κ2) is 8.71. The van der Waals surface area contributed by atoms with Gasteiger partial charge in [0.05, 0.1) is 16.2 Å². The minimum absolute atomic E-state index is 0.124. The summed E-state index contributed by atoms with van der Waals surface area (Å²) in [5, 5.41) is 13.8. The number of anilines is 1. The molecule has 0 bridgehead atoms. The van der Waals surface area contributed by atoms with Gasteiger partial charge in [-0.3, -0.25) is 14.9 Å². The molecule has 2 aromatic carbocycles. The SMILES string of the molecule is Cc1ccc(S(=O)(=O)N2CCCCC2)cc1NC(=O)Cc1ccccc1[N+](=O)[O-]. The first-order chi connectivity index (χ1) is 13.8. The number of aryl methyl sites for hydroxylation is 1. The Balaban J connectivity index is 1.80. The number of rotatable bonds is 6. The third-order valence-electron chi connectivity index (χ3n) is 4.98. The number of hydrogen-bond donors (Lipinski definition) is 1. The zero-order valence-electron chi connectivity index (χ0n) is 16.1. The molecule has 0 unspecified atom stereocenters. The van der Waals surface area contributed by atoms with Crippen LogP contribution in [0.5, 0.6) is 0 Å². The monoisotopic (exact) mass is 417 g/mol. The first-order valence-corrected chi connectivity index (χ1v) is 10.9. The van der Waals surface area contributed by atoms with Crippen molar-refractivity contribution in [3.8, 4) is 0 Å². The number of nitro benzene ring substituents is 1. The number of carbonyl (C=O) groups is 1. The Morgan fingerprint density at radius 3 is 2.52 bits per heavy atom. The summed E-state index contributed by atoms with van der Waals surface area (Å²) in [6.07, 6.45) is 2.52. The summed E-state index contributed by atoms with van der Waals surface area (Å²) >= 11 is 0. The molecule has 1 heterocycles. The molecule has 154 valence electrons. The van der Waals surface area contributed by atoms with Gasteiger partial charge in [-0.1, -0.05) is 30.7 Å². The quantitative estimate of drug-likeness (QED) is 0.573. The average molecular weight is 417 g/mol. The second-order valence-corrected chi connectivity index (χ2v) is 8.99. The number of piperidine rings is 1. The first-order valence-electron chi connectivity index (χ1n) is 9.42. The van der Waals surface area contributed by atoms with Gasteiger partial charge in [0.25, 0.3) is 5.69 Å². The van der Waals surface area contributed by atoms with Crippen molar-refractivity contribution in [2.45, 2.75) is 37.5 Å². The zero-order chi connectivity index (χ0) is 21.0. The largest absolute Gasteiger partial charge is 0.326 e. The fourth-order valence-corrected chi connectivity index (χ4v) is 4.90. The van der Waals surface area contributed by atoms with E-state index in [2.05, 4.69) is 5.32 Å². The summed E-state index contributed by atoms with van der Waals surface area (Å²) in [5.41, 5.74) is 1.26. The van der Waals surface area contributed by atoms with E-state index in [1.807, 2.05) is 0 Å². The molecule has 0 radical (unpaired) electrons. The van der Waals surface area contributed by atoms with Crippen LogP contribution in [-0.2, 0) is 21.2 Å². The molecule has 1 N–H and O–H groups in total. The fraction of sp³-hybridized carbons (Fsp3) is 0.350. The van der Waals surface area contributed by atoms with Crippen LogP contribution in [0.15, 0.2) is 47.4 Å². The summed E-state index contributed by atoms with van der Waals surface area (Å²) < 4.78 is 27.2. The summed E-state index contributed by atoms with van der Waals surface area (Å²) in [4.78, 5) is 23.2. The van der Waals surface area contributed by atoms with Gasteiger partial charge in [0.15, 0.2) is 0 Å². The highest BCUT2D eigenvalue weighted by atomic mass is 32.2. The molecule has 1 fully saturated rings. The van der Waals surface area contributed by atoms with E-state index >= 15 is 0 Å². The lowest BCUT2D eigenvalue weighted by Crippen LogP contribution is -2.35. The molecule has 29 heavy (non-hydrogen) atoms. The van der Waals surface area contributed by atoms with Crippen molar-refractivity contribution in [3.63, 3.8) is 0 Å². The Morgan fingerprint density at radius 1 is 1.14 bits per heavy atom.